The molecule has 0 saturated heterocycles. The molecule has 0 aliphatic heterocycles. The van der Waals surface area contributed by atoms with Crippen LogP contribution < -0.4 is 5.32 Å². The van der Waals surface area contributed by atoms with E-state index in [2.05, 4.69) is 36.5 Å². The lowest BCUT2D eigenvalue weighted by atomic mass is 9.69. The molecular weight excluding hydrogens is 290 g/mol. The Morgan fingerprint density at radius 2 is 1.54 bits per heavy atom. The number of rotatable bonds is 7. The first-order valence-corrected chi connectivity index (χ1v) is 10.7. The maximum Gasteiger partial charge on any atom is 0.0343 e. The first-order chi connectivity index (χ1) is 11.9. The summed E-state index contributed by atoms with van der Waals surface area (Å²) in [5, 5.41) is 3.84. The Bertz CT molecular complexity index is 451. The van der Waals surface area contributed by atoms with E-state index in [1.807, 2.05) is 0 Å². The first-order valence-electron chi connectivity index (χ1n) is 10.7. The molecule has 1 aromatic rings. The molecule has 0 bridgehead atoms. The highest BCUT2D eigenvalue weighted by atomic mass is 14.9. The zero-order valence-electron chi connectivity index (χ0n) is 15.7. The van der Waals surface area contributed by atoms with Crippen LogP contribution in [-0.4, -0.2) is 6.54 Å². The van der Waals surface area contributed by atoms with Crippen LogP contribution in [0.3, 0.4) is 0 Å². The molecule has 0 unspecified atom stereocenters. The summed E-state index contributed by atoms with van der Waals surface area (Å²) in [6.07, 6.45) is 17.2. The molecule has 2 aliphatic rings. The molecule has 2 saturated carbocycles. The Hall–Kier alpha value is -0.980. The number of aryl methyl sites for hydroxylation is 1. The van der Waals surface area contributed by atoms with Crippen molar-refractivity contribution in [3.63, 3.8) is 0 Å². The Balaban J connectivity index is 1.63. The van der Waals surface area contributed by atoms with Crippen LogP contribution in [0.15, 0.2) is 24.3 Å². The summed E-state index contributed by atoms with van der Waals surface area (Å²) in [5.41, 5.74) is 2.83. The summed E-state index contributed by atoms with van der Waals surface area (Å²) in [7, 11) is 0. The van der Waals surface area contributed by atoms with Crippen LogP contribution in [0, 0.1) is 17.8 Å². The Morgan fingerprint density at radius 3 is 2.12 bits per heavy atom. The SMILES string of the molecule is CCCc1cccc(NCC(C2CCCCC2)C2CCCCC2)c1. The van der Waals surface area contributed by atoms with Crippen molar-refractivity contribution < 1.29 is 0 Å². The van der Waals surface area contributed by atoms with Gasteiger partial charge in [-0.05, 0) is 41.9 Å². The zero-order valence-corrected chi connectivity index (χ0v) is 15.7. The van der Waals surface area contributed by atoms with Crippen LogP contribution in [0.1, 0.15) is 83.1 Å². The normalized spacial score (nSPS) is 20.4. The van der Waals surface area contributed by atoms with Gasteiger partial charge >= 0.3 is 0 Å². The second-order valence-electron chi connectivity index (χ2n) is 8.29. The number of hydrogen-bond donors (Lipinski definition) is 1. The smallest absolute Gasteiger partial charge is 0.0343 e. The fraction of sp³-hybridized carbons (Fsp3) is 0.739. The molecule has 0 spiro atoms. The second kappa shape index (κ2) is 9.49. The summed E-state index contributed by atoms with van der Waals surface area (Å²) < 4.78 is 0. The van der Waals surface area contributed by atoms with Gasteiger partial charge in [0.2, 0.25) is 0 Å². The molecule has 134 valence electrons. The maximum atomic E-state index is 3.84. The van der Waals surface area contributed by atoms with Gasteiger partial charge in [-0.25, -0.2) is 0 Å². The molecule has 1 nitrogen and oxygen atoms in total. The van der Waals surface area contributed by atoms with Crippen molar-refractivity contribution >= 4 is 5.69 Å². The third kappa shape index (κ3) is 5.01. The molecular formula is C23H37N. The molecule has 1 heteroatoms. The monoisotopic (exact) mass is 327 g/mol. The molecule has 1 N–H and O–H groups in total. The van der Waals surface area contributed by atoms with Crippen molar-refractivity contribution in [3.05, 3.63) is 29.8 Å². The van der Waals surface area contributed by atoms with Crippen molar-refractivity contribution in [2.75, 3.05) is 11.9 Å². The molecule has 1 aromatic carbocycles. The van der Waals surface area contributed by atoms with E-state index < -0.39 is 0 Å². The van der Waals surface area contributed by atoms with Crippen LogP contribution in [-0.2, 0) is 6.42 Å². The maximum absolute atomic E-state index is 3.84. The van der Waals surface area contributed by atoms with E-state index in [1.54, 1.807) is 0 Å². The summed E-state index contributed by atoms with van der Waals surface area (Å²) in [6, 6.07) is 9.14. The van der Waals surface area contributed by atoms with E-state index in [0.717, 1.165) is 17.8 Å². The standard InChI is InChI=1S/C23H37N/c1-2-10-19-11-9-16-22(17-19)24-18-23(20-12-5-3-6-13-20)21-14-7-4-8-15-21/h9,11,16-17,20-21,23-24H,2-8,10,12-15,18H2,1H3. The van der Waals surface area contributed by atoms with E-state index in [9.17, 15) is 0 Å². The summed E-state index contributed by atoms with van der Waals surface area (Å²) in [4.78, 5) is 0. The Labute approximate surface area is 149 Å². The van der Waals surface area contributed by atoms with Crippen molar-refractivity contribution in [3.8, 4) is 0 Å². The lowest BCUT2D eigenvalue weighted by Gasteiger charge is -2.38. The van der Waals surface area contributed by atoms with Crippen LogP contribution in [0.2, 0.25) is 0 Å². The topological polar surface area (TPSA) is 12.0 Å². The number of anilines is 1. The second-order valence-corrected chi connectivity index (χ2v) is 8.29. The first kappa shape index (κ1) is 17.8. The average Bonchev–Trinajstić information content (AvgIpc) is 2.64. The number of hydrogen-bond acceptors (Lipinski definition) is 1. The fourth-order valence-corrected chi connectivity index (χ4v) is 5.20. The lowest BCUT2D eigenvalue weighted by molar-refractivity contribution is 0.153. The molecule has 2 aliphatic carbocycles. The number of benzene rings is 1. The van der Waals surface area contributed by atoms with E-state index >= 15 is 0 Å². The minimum Gasteiger partial charge on any atom is -0.385 e. The van der Waals surface area contributed by atoms with E-state index in [4.69, 9.17) is 0 Å². The highest BCUT2D eigenvalue weighted by Crippen LogP contribution is 2.40. The third-order valence-corrected chi connectivity index (χ3v) is 6.52. The summed E-state index contributed by atoms with van der Waals surface area (Å²) >= 11 is 0. The predicted molar refractivity (Wildman–Crippen MR) is 106 cm³/mol. The quantitative estimate of drug-likeness (QED) is 0.579. The van der Waals surface area contributed by atoms with Crippen molar-refractivity contribution in [2.45, 2.75) is 84.0 Å². The highest BCUT2D eigenvalue weighted by Gasteiger charge is 2.31. The van der Waals surface area contributed by atoms with Gasteiger partial charge < -0.3 is 5.32 Å². The molecule has 24 heavy (non-hydrogen) atoms. The van der Waals surface area contributed by atoms with Gasteiger partial charge in [0.15, 0.2) is 0 Å². The summed E-state index contributed by atoms with van der Waals surface area (Å²) in [6.45, 7) is 3.47. The Kier molecular flexibility index (Phi) is 7.05. The summed E-state index contributed by atoms with van der Waals surface area (Å²) in [5.74, 6) is 2.86. The van der Waals surface area contributed by atoms with Gasteiger partial charge in [-0.3, -0.25) is 0 Å². The third-order valence-electron chi connectivity index (χ3n) is 6.52. The largest absolute Gasteiger partial charge is 0.385 e. The Morgan fingerprint density at radius 1 is 0.917 bits per heavy atom. The van der Waals surface area contributed by atoms with E-state index in [-0.39, 0.29) is 0 Å². The van der Waals surface area contributed by atoms with E-state index in [1.165, 1.54) is 94.8 Å². The van der Waals surface area contributed by atoms with Crippen LogP contribution >= 0.6 is 0 Å². The zero-order chi connectivity index (χ0) is 16.6. The van der Waals surface area contributed by atoms with Gasteiger partial charge in [0.05, 0.1) is 0 Å². The van der Waals surface area contributed by atoms with Crippen LogP contribution in [0.4, 0.5) is 5.69 Å². The van der Waals surface area contributed by atoms with Gasteiger partial charge in [-0.1, -0.05) is 89.7 Å². The molecule has 2 fully saturated rings. The molecule has 3 rings (SSSR count). The minimum absolute atomic E-state index is 0.903. The number of nitrogens with one attached hydrogen (secondary N) is 1. The molecule has 0 heterocycles. The van der Waals surface area contributed by atoms with Crippen molar-refractivity contribution in [1.29, 1.82) is 0 Å². The minimum atomic E-state index is 0.903. The fourth-order valence-electron chi connectivity index (χ4n) is 5.20. The molecule has 0 radical (unpaired) electrons. The lowest BCUT2D eigenvalue weighted by Crippen LogP contribution is -2.32. The average molecular weight is 328 g/mol. The van der Waals surface area contributed by atoms with Gasteiger partial charge in [0, 0.05) is 12.2 Å². The van der Waals surface area contributed by atoms with Gasteiger partial charge in [-0.15, -0.1) is 0 Å². The predicted octanol–water partition coefficient (Wildman–Crippen LogP) is 6.83. The van der Waals surface area contributed by atoms with Gasteiger partial charge in [0.25, 0.3) is 0 Å². The van der Waals surface area contributed by atoms with E-state index in [0.29, 0.717) is 0 Å². The molecule has 0 amide bonds. The van der Waals surface area contributed by atoms with Gasteiger partial charge in [0.1, 0.15) is 0 Å². The molecule has 0 aromatic heterocycles. The van der Waals surface area contributed by atoms with Crippen molar-refractivity contribution in [1.82, 2.24) is 0 Å². The van der Waals surface area contributed by atoms with Gasteiger partial charge in [-0.2, -0.15) is 0 Å². The van der Waals surface area contributed by atoms with Crippen LogP contribution in [0.25, 0.3) is 0 Å². The highest BCUT2D eigenvalue weighted by molar-refractivity contribution is 5.45. The van der Waals surface area contributed by atoms with Crippen molar-refractivity contribution in [2.24, 2.45) is 17.8 Å². The van der Waals surface area contributed by atoms with Crippen LogP contribution in [0.5, 0.6) is 0 Å². The molecule has 0 atom stereocenters.